The fourth-order valence-corrected chi connectivity index (χ4v) is 3.20. The number of carbonyl (C=O) groups excluding carboxylic acids is 2. The van der Waals surface area contributed by atoms with Crippen molar-refractivity contribution < 1.29 is 14.0 Å². The molecule has 7 heteroatoms. The Hall–Kier alpha value is -2.47. The van der Waals surface area contributed by atoms with E-state index in [4.69, 9.17) is 16.0 Å². The third kappa shape index (κ3) is 4.19. The van der Waals surface area contributed by atoms with E-state index in [1.807, 2.05) is 25.1 Å². The molecule has 3 rings (SSSR count). The number of nitrogens with one attached hydrogen (secondary N) is 1. The van der Waals surface area contributed by atoms with Crippen LogP contribution in [0.4, 0.5) is 4.79 Å². The number of urea groups is 1. The summed E-state index contributed by atoms with van der Waals surface area (Å²) in [7, 11) is 0. The van der Waals surface area contributed by atoms with Crippen LogP contribution in [0.25, 0.3) is 0 Å². The Morgan fingerprint density at radius 2 is 1.88 bits per heavy atom. The average Bonchev–Trinajstić information content (AvgIpc) is 3.06. The number of nitrogens with zero attached hydrogens (tertiary/aromatic N) is 2. The van der Waals surface area contributed by atoms with Gasteiger partial charge in [-0.1, -0.05) is 23.7 Å². The van der Waals surface area contributed by atoms with Crippen molar-refractivity contribution in [2.24, 2.45) is 0 Å². The summed E-state index contributed by atoms with van der Waals surface area (Å²) in [5, 5.41) is 3.64. The minimum absolute atomic E-state index is 0.128. The van der Waals surface area contributed by atoms with E-state index in [2.05, 4.69) is 5.32 Å². The molecule has 0 bridgehead atoms. The monoisotopic (exact) mass is 375 g/mol. The number of rotatable bonds is 3. The van der Waals surface area contributed by atoms with Crippen LogP contribution in [-0.4, -0.2) is 47.9 Å². The standard InChI is InChI=1S/C19H22ClN3O3/c1-14-15(5-2-6-16(14)20)13-21-19(25)23-9-4-8-22(10-11-23)18(24)17-7-3-12-26-17/h2-3,5-7,12H,4,8-11,13H2,1H3,(H,21,25). The van der Waals surface area contributed by atoms with Crippen LogP contribution < -0.4 is 5.32 Å². The second-order valence-electron chi connectivity index (χ2n) is 6.29. The second-order valence-corrected chi connectivity index (χ2v) is 6.70. The Morgan fingerprint density at radius 1 is 1.12 bits per heavy atom. The topological polar surface area (TPSA) is 65.8 Å². The lowest BCUT2D eigenvalue weighted by Crippen LogP contribution is -2.42. The summed E-state index contributed by atoms with van der Waals surface area (Å²) in [6, 6.07) is 8.89. The van der Waals surface area contributed by atoms with Crippen molar-refractivity contribution in [3.63, 3.8) is 0 Å². The lowest BCUT2D eigenvalue weighted by molar-refractivity contribution is 0.0730. The van der Waals surface area contributed by atoms with Gasteiger partial charge in [-0.05, 0) is 42.7 Å². The molecule has 0 atom stereocenters. The van der Waals surface area contributed by atoms with Crippen molar-refractivity contribution in [3.8, 4) is 0 Å². The predicted octanol–water partition coefficient (Wildman–Crippen LogP) is 3.30. The first-order chi connectivity index (χ1) is 12.6. The molecule has 1 N–H and O–H groups in total. The summed E-state index contributed by atoms with van der Waals surface area (Å²) in [6.07, 6.45) is 2.22. The molecule has 1 saturated heterocycles. The zero-order valence-electron chi connectivity index (χ0n) is 14.7. The number of furan rings is 1. The fourth-order valence-electron chi connectivity index (χ4n) is 3.01. The highest BCUT2D eigenvalue weighted by Gasteiger charge is 2.24. The SMILES string of the molecule is Cc1c(Cl)cccc1CNC(=O)N1CCCN(C(=O)c2ccco2)CC1. The van der Waals surface area contributed by atoms with Gasteiger partial charge in [-0.3, -0.25) is 4.79 Å². The molecule has 0 saturated carbocycles. The first-order valence-electron chi connectivity index (χ1n) is 8.66. The van der Waals surface area contributed by atoms with Crippen LogP contribution in [0.2, 0.25) is 5.02 Å². The quantitative estimate of drug-likeness (QED) is 0.895. The van der Waals surface area contributed by atoms with Gasteiger partial charge in [0.05, 0.1) is 6.26 Å². The molecule has 1 aliphatic rings. The molecule has 2 aromatic rings. The van der Waals surface area contributed by atoms with Crippen LogP contribution in [0.5, 0.6) is 0 Å². The van der Waals surface area contributed by atoms with Crippen LogP contribution in [0.3, 0.4) is 0 Å². The highest BCUT2D eigenvalue weighted by molar-refractivity contribution is 6.31. The maximum Gasteiger partial charge on any atom is 0.317 e. The molecule has 1 aromatic carbocycles. The Labute approximate surface area is 157 Å². The van der Waals surface area contributed by atoms with Gasteiger partial charge in [0.2, 0.25) is 0 Å². The van der Waals surface area contributed by atoms with E-state index in [9.17, 15) is 9.59 Å². The van der Waals surface area contributed by atoms with Crippen LogP contribution >= 0.6 is 11.6 Å². The van der Waals surface area contributed by atoms with Crippen molar-refractivity contribution in [1.82, 2.24) is 15.1 Å². The summed E-state index contributed by atoms with van der Waals surface area (Å²) in [4.78, 5) is 28.3. The number of amides is 3. The van der Waals surface area contributed by atoms with Crippen molar-refractivity contribution in [2.45, 2.75) is 19.9 Å². The molecule has 6 nitrogen and oxygen atoms in total. The first kappa shape index (κ1) is 18.3. The van der Waals surface area contributed by atoms with Gasteiger partial charge in [-0.25, -0.2) is 4.79 Å². The molecule has 1 fully saturated rings. The molecule has 0 unspecified atom stereocenters. The molecule has 26 heavy (non-hydrogen) atoms. The Bertz CT molecular complexity index is 776. The van der Waals surface area contributed by atoms with Crippen LogP contribution in [0, 0.1) is 6.92 Å². The molecule has 3 amide bonds. The molecule has 0 radical (unpaired) electrons. The summed E-state index contributed by atoms with van der Waals surface area (Å²) >= 11 is 6.12. The van der Waals surface area contributed by atoms with Crippen LogP contribution in [0.15, 0.2) is 41.0 Å². The largest absolute Gasteiger partial charge is 0.459 e. The second kappa shape index (κ2) is 8.27. The number of hydrogen-bond acceptors (Lipinski definition) is 3. The van der Waals surface area contributed by atoms with Crippen molar-refractivity contribution >= 4 is 23.5 Å². The van der Waals surface area contributed by atoms with Crippen LogP contribution in [-0.2, 0) is 6.54 Å². The summed E-state index contributed by atoms with van der Waals surface area (Å²) in [5.41, 5.74) is 1.97. The third-order valence-electron chi connectivity index (χ3n) is 4.61. The predicted molar refractivity (Wildman–Crippen MR) is 99.2 cm³/mol. The zero-order chi connectivity index (χ0) is 18.5. The summed E-state index contributed by atoms with van der Waals surface area (Å²) in [5.74, 6) is 0.200. The fraction of sp³-hybridized carbons (Fsp3) is 0.368. The van der Waals surface area contributed by atoms with Crippen molar-refractivity contribution in [2.75, 3.05) is 26.2 Å². The highest BCUT2D eigenvalue weighted by Crippen LogP contribution is 2.18. The van der Waals surface area contributed by atoms with E-state index in [0.29, 0.717) is 43.5 Å². The lowest BCUT2D eigenvalue weighted by atomic mass is 10.1. The molecule has 138 valence electrons. The van der Waals surface area contributed by atoms with Gasteiger partial charge in [0.1, 0.15) is 0 Å². The van der Waals surface area contributed by atoms with E-state index in [0.717, 1.165) is 17.5 Å². The highest BCUT2D eigenvalue weighted by atomic mass is 35.5. The Morgan fingerprint density at radius 3 is 2.65 bits per heavy atom. The van der Waals surface area contributed by atoms with Gasteiger partial charge >= 0.3 is 6.03 Å². The molecule has 2 heterocycles. The maximum atomic E-state index is 12.5. The van der Waals surface area contributed by atoms with Crippen LogP contribution in [0.1, 0.15) is 28.1 Å². The zero-order valence-corrected chi connectivity index (χ0v) is 15.5. The molecule has 1 aromatic heterocycles. The normalized spacial score (nSPS) is 14.8. The van der Waals surface area contributed by atoms with Gasteiger partial charge < -0.3 is 19.5 Å². The van der Waals surface area contributed by atoms with Gasteiger partial charge in [0.15, 0.2) is 5.76 Å². The lowest BCUT2D eigenvalue weighted by Gasteiger charge is -2.22. The Kier molecular flexibility index (Phi) is 5.83. The number of hydrogen-bond donors (Lipinski definition) is 1. The van der Waals surface area contributed by atoms with E-state index in [1.165, 1.54) is 6.26 Å². The van der Waals surface area contributed by atoms with E-state index < -0.39 is 0 Å². The van der Waals surface area contributed by atoms with E-state index >= 15 is 0 Å². The van der Waals surface area contributed by atoms with Crippen molar-refractivity contribution in [1.29, 1.82) is 0 Å². The third-order valence-corrected chi connectivity index (χ3v) is 5.02. The van der Waals surface area contributed by atoms with Gasteiger partial charge in [0.25, 0.3) is 5.91 Å². The molecule has 0 aliphatic carbocycles. The number of halogens is 1. The van der Waals surface area contributed by atoms with E-state index in [-0.39, 0.29) is 11.9 Å². The summed E-state index contributed by atoms with van der Waals surface area (Å²) < 4.78 is 5.18. The average molecular weight is 376 g/mol. The van der Waals surface area contributed by atoms with Gasteiger partial charge in [-0.2, -0.15) is 0 Å². The van der Waals surface area contributed by atoms with Gasteiger partial charge in [0, 0.05) is 37.7 Å². The minimum atomic E-state index is -0.133. The molecular formula is C19H22ClN3O3. The molecular weight excluding hydrogens is 354 g/mol. The molecule has 1 aliphatic heterocycles. The minimum Gasteiger partial charge on any atom is -0.459 e. The van der Waals surface area contributed by atoms with E-state index in [1.54, 1.807) is 21.9 Å². The number of benzene rings is 1. The smallest absolute Gasteiger partial charge is 0.317 e. The maximum absolute atomic E-state index is 12.5. The first-order valence-corrected chi connectivity index (χ1v) is 9.03. The van der Waals surface area contributed by atoms with Crippen molar-refractivity contribution in [3.05, 3.63) is 58.5 Å². The summed E-state index contributed by atoms with van der Waals surface area (Å²) in [6.45, 7) is 4.57. The van der Waals surface area contributed by atoms with Gasteiger partial charge in [-0.15, -0.1) is 0 Å². The Balaban J connectivity index is 1.54. The molecule has 0 spiro atoms. The number of carbonyl (C=O) groups is 2.